The minimum atomic E-state index is -0.647. The maximum Gasteiger partial charge on any atom is 0.355 e. The molecule has 5 rings (SSSR count). The molecule has 0 bridgehead atoms. The van der Waals surface area contributed by atoms with Crippen LogP contribution in [0.3, 0.4) is 0 Å². The van der Waals surface area contributed by atoms with Gasteiger partial charge in [0.15, 0.2) is 6.17 Å². The average Bonchev–Trinajstić information content (AvgIpc) is 3.14. The number of aliphatic imine (C=N–C) groups is 1. The second-order valence-corrected chi connectivity index (χ2v) is 10.3. The molecule has 35 heavy (non-hydrogen) atoms. The maximum atomic E-state index is 13.7. The number of fused-ring (bicyclic) bond motifs is 2. The molecule has 1 aromatic rings. The highest BCUT2D eigenvalue weighted by Crippen LogP contribution is 2.37. The quantitative estimate of drug-likeness (QED) is 0.543. The van der Waals surface area contributed by atoms with Gasteiger partial charge in [0.05, 0.1) is 17.4 Å². The van der Waals surface area contributed by atoms with Gasteiger partial charge in [-0.1, -0.05) is 23.8 Å². The van der Waals surface area contributed by atoms with E-state index in [1.807, 2.05) is 36.8 Å². The van der Waals surface area contributed by atoms with Crippen molar-refractivity contribution in [3.05, 3.63) is 70.1 Å². The lowest BCUT2D eigenvalue weighted by atomic mass is 9.92. The zero-order chi connectivity index (χ0) is 24.7. The molecular weight excluding hydrogens is 469 g/mol. The van der Waals surface area contributed by atoms with Crippen LogP contribution in [0.4, 0.5) is 4.39 Å². The van der Waals surface area contributed by atoms with E-state index in [0.717, 1.165) is 30.4 Å². The molecule has 0 aromatic carbocycles. The summed E-state index contributed by atoms with van der Waals surface area (Å²) in [6.45, 7) is 5.54. The highest BCUT2D eigenvalue weighted by Gasteiger charge is 2.41. The predicted octanol–water partition coefficient (Wildman–Crippen LogP) is 5.13. The van der Waals surface area contributed by atoms with Gasteiger partial charge in [0.1, 0.15) is 23.5 Å². The molecule has 0 N–H and O–H groups in total. The summed E-state index contributed by atoms with van der Waals surface area (Å²) in [5.41, 5.74) is 2.90. The van der Waals surface area contributed by atoms with Crippen molar-refractivity contribution in [1.82, 2.24) is 14.9 Å². The Bertz CT molecular complexity index is 1240. The summed E-state index contributed by atoms with van der Waals surface area (Å²) < 4.78 is 19.4. The third-order valence-electron chi connectivity index (χ3n) is 6.24. The van der Waals surface area contributed by atoms with Gasteiger partial charge in [0.2, 0.25) is 0 Å². The molecule has 0 saturated carbocycles. The monoisotopic (exact) mass is 495 g/mol. The first kappa shape index (κ1) is 23.5. The van der Waals surface area contributed by atoms with Gasteiger partial charge in [-0.15, -0.1) is 0 Å². The molecule has 182 valence electrons. The van der Waals surface area contributed by atoms with Gasteiger partial charge in [-0.05, 0) is 70.2 Å². The number of carbonyl (C=O) groups is 1. The topological polar surface area (TPSA) is 70.4 Å². The number of esters is 1. The summed E-state index contributed by atoms with van der Waals surface area (Å²) in [6, 6.07) is 2.90. The van der Waals surface area contributed by atoms with Crippen LogP contribution in [0.1, 0.15) is 52.1 Å². The first-order valence-corrected chi connectivity index (χ1v) is 12.1. The fraction of sp³-hybridized carbons (Fsp3) is 0.385. The standard InChI is InChI=1S/C26H27ClFN5O2/c1-26(2,3)35-25(34)24-20-9-6-17(27)12-22(20)30-14-23-32(24)15-31-33(23)19-7-4-16(5-8-19)21-13-18(28)10-11-29-21/h4,6,10-15,19,23H,5,7-9H2,1-3H3. The number of hydrogen-bond donors (Lipinski definition) is 0. The molecule has 2 aliphatic carbocycles. The van der Waals surface area contributed by atoms with Crippen molar-refractivity contribution in [2.75, 3.05) is 0 Å². The van der Waals surface area contributed by atoms with Crippen LogP contribution in [-0.4, -0.2) is 51.2 Å². The Kier molecular flexibility index (Phi) is 6.09. The zero-order valence-corrected chi connectivity index (χ0v) is 20.7. The Balaban J connectivity index is 1.43. The SMILES string of the molecule is CC(C)(C)OC(=O)C1=C2CC=C(Cl)C=C2N=CC2N1C=NN2C1CC=C(c2cc(F)ccn2)CC1. The fourth-order valence-corrected chi connectivity index (χ4v) is 4.85. The van der Waals surface area contributed by atoms with Gasteiger partial charge in [0.25, 0.3) is 0 Å². The normalized spacial score (nSPS) is 23.9. The van der Waals surface area contributed by atoms with E-state index >= 15 is 0 Å². The molecule has 0 saturated heterocycles. The van der Waals surface area contributed by atoms with Gasteiger partial charge in [0, 0.05) is 23.0 Å². The molecule has 0 radical (unpaired) electrons. The van der Waals surface area contributed by atoms with Crippen molar-refractivity contribution in [2.24, 2.45) is 10.1 Å². The number of halogens is 2. The van der Waals surface area contributed by atoms with E-state index in [1.54, 1.807) is 18.6 Å². The summed E-state index contributed by atoms with van der Waals surface area (Å²) in [5, 5.41) is 7.24. The van der Waals surface area contributed by atoms with Gasteiger partial charge < -0.3 is 4.74 Å². The van der Waals surface area contributed by atoms with E-state index < -0.39 is 11.6 Å². The van der Waals surface area contributed by atoms with Crippen molar-refractivity contribution >= 4 is 35.7 Å². The lowest BCUT2D eigenvalue weighted by Gasteiger charge is -2.35. The van der Waals surface area contributed by atoms with E-state index in [2.05, 4.69) is 16.2 Å². The van der Waals surface area contributed by atoms with Crippen LogP contribution in [0.25, 0.3) is 5.57 Å². The van der Waals surface area contributed by atoms with Crippen LogP contribution in [-0.2, 0) is 9.53 Å². The lowest BCUT2D eigenvalue weighted by molar-refractivity contribution is -0.151. The number of pyridine rings is 1. The van der Waals surface area contributed by atoms with Crippen LogP contribution in [0.5, 0.6) is 0 Å². The summed E-state index contributed by atoms with van der Waals surface area (Å²) in [6.07, 6.45) is 13.1. The van der Waals surface area contributed by atoms with Crippen LogP contribution >= 0.6 is 11.6 Å². The maximum absolute atomic E-state index is 13.7. The molecule has 9 heteroatoms. The highest BCUT2D eigenvalue weighted by molar-refractivity contribution is 6.31. The second-order valence-electron chi connectivity index (χ2n) is 9.88. The Morgan fingerprint density at radius 1 is 1.29 bits per heavy atom. The van der Waals surface area contributed by atoms with Gasteiger partial charge in [-0.2, -0.15) is 5.10 Å². The smallest absolute Gasteiger partial charge is 0.355 e. The number of rotatable bonds is 3. The summed E-state index contributed by atoms with van der Waals surface area (Å²) in [7, 11) is 0. The summed E-state index contributed by atoms with van der Waals surface area (Å²) >= 11 is 6.26. The molecule has 0 fully saturated rings. The molecule has 3 heterocycles. The van der Waals surface area contributed by atoms with E-state index in [0.29, 0.717) is 28.5 Å². The summed E-state index contributed by atoms with van der Waals surface area (Å²) in [5.74, 6) is -0.711. The van der Waals surface area contributed by atoms with Crippen molar-refractivity contribution in [3.63, 3.8) is 0 Å². The number of hydrazone groups is 1. The average molecular weight is 496 g/mol. The van der Waals surface area contributed by atoms with Crippen LogP contribution in [0.2, 0.25) is 0 Å². The summed E-state index contributed by atoms with van der Waals surface area (Å²) in [4.78, 5) is 24.2. The Morgan fingerprint density at radius 2 is 2.11 bits per heavy atom. The van der Waals surface area contributed by atoms with Gasteiger partial charge in [-0.25, -0.2) is 9.18 Å². The molecule has 2 aliphatic heterocycles. The van der Waals surface area contributed by atoms with E-state index in [4.69, 9.17) is 21.3 Å². The molecular formula is C26H27ClFN5O2. The van der Waals surface area contributed by atoms with Crippen molar-refractivity contribution in [3.8, 4) is 0 Å². The Morgan fingerprint density at radius 3 is 2.83 bits per heavy atom. The highest BCUT2D eigenvalue weighted by atomic mass is 35.5. The van der Waals surface area contributed by atoms with Gasteiger partial charge >= 0.3 is 5.97 Å². The molecule has 4 aliphatic rings. The van der Waals surface area contributed by atoms with Crippen LogP contribution in [0.15, 0.2) is 68.7 Å². The van der Waals surface area contributed by atoms with Crippen molar-refractivity contribution in [2.45, 2.75) is 64.3 Å². The molecule has 0 spiro atoms. The first-order chi connectivity index (χ1) is 16.7. The molecule has 2 unspecified atom stereocenters. The number of ether oxygens (including phenoxy) is 1. The number of allylic oxidation sites excluding steroid dienone is 5. The molecule has 1 aromatic heterocycles. The number of nitrogens with zero attached hydrogens (tertiary/aromatic N) is 5. The van der Waals surface area contributed by atoms with E-state index in [-0.39, 0.29) is 18.0 Å². The van der Waals surface area contributed by atoms with Crippen molar-refractivity contribution in [1.29, 1.82) is 0 Å². The number of hydrogen-bond acceptors (Lipinski definition) is 7. The van der Waals surface area contributed by atoms with Gasteiger partial charge in [-0.3, -0.25) is 19.9 Å². The Labute approximate surface area is 209 Å². The molecule has 7 nitrogen and oxygen atoms in total. The van der Waals surface area contributed by atoms with E-state index in [9.17, 15) is 9.18 Å². The fourth-order valence-electron chi connectivity index (χ4n) is 4.67. The first-order valence-electron chi connectivity index (χ1n) is 11.7. The number of carbonyl (C=O) groups excluding carboxylic acids is 1. The van der Waals surface area contributed by atoms with Crippen LogP contribution < -0.4 is 0 Å². The second kappa shape index (κ2) is 9.07. The number of aromatic nitrogens is 1. The zero-order valence-electron chi connectivity index (χ0n) is 19.9. The largest absolute Gasteiger partial charge is 0.455 e. The molecule has 0 amide bonds. The van der Waals surface area contributed by atoms with Crippen LogP contribution in [0, 0.1) is 5.82 Å². The third kappa shape index (κ3) is 4.80. The molecule has 2 atom stereocenters. The minimum absolute atomic E-state index is 0.0886. The lowest BCUT2D eigenvalue weighted by Crippen LogP contribution is -2.47. The van der Waals surface area contributed by atoms with E-state index in [1.165, 1.54) is 18.3 Å². The predicted molar refractivity (Wildman–Crippen MR) is 134 cm³/mol. The third-order valence-corrected chi connectivity index (χ3v) is 6.51. The Hall–Kier alpha value is -3.26. The van der Waals surface area contributed by atoms with Crippen molar-refractivity contribution < 1.29 is 13.9 Å². The minimum Gasteiger partial charge on any atom is -0.455 e.